The number of hydrogen-bond donors (Lipinski definition) is 5. The van der Waals surface area contributed by atoms with Gasteiger partial charge in [-0.2, -0.15) is 0 Å². The van der Waals surface area contributed by atoms with Crippen LogP contribution < -0.4 is 35.9 Å². The molecule has 29 heteroatoms. The van der Waals surface area contributed by atoms with Gasteiger partial charge in [0.15, 0.2) is 22.8 Å². The van der Waals surface area contributed by atoms with E-state index in [0.29, 0.717) is 12.8 Å². The fourth-order valence-electron chi connectivity index (χ4n) is 5.91. The van der Waals surface area contributed by atoms with Crippen LogP contribution in [-0.4, -0.2) is 109 Å². The van der Waals surface area contributed by atoms with Crippen LogP contribution in [0.25, 0.3) is 11.2 Å². The predicted octanol–water partition coefficient (Wildman–Crippen LogP) is -0.207. The molecular formula is C35H54N7O18P3S-4. The molecule has 25 nitrogen and oxygen atoms in total. The number of unbranched alkanes of at least 4 members (excludes halogenated alkanes) is 5. The number of phosphoric acid groups is 3. The Bertz CT molecular complexity index is 2060. The number of nitrogens with one attached hydrogen (secondary N) is 2. The van der Waals surface area contributed by atoms with Gasteiger partial charge in [-0.15, -0.1) is 0 Å². The molecule has 64 heavy (non-hydrogen) atoms. The Balaban J connectivity index is 1.37. The second-order valence-electron chi connectivity index (χ2n) is 15.1. The third-order valence-corrected chi connectivity index (χ3v) is 13.2. The first-order chi connectivity index (χ1) is 29.9. The molecule has 6 N–H and O–H groups in total. The molecule has 2 aromatic rings. The van der Waals surface area contributed by atoms with E-state index >= 15 is 0 Å². The van der Waals surface area contributed by atoms with Crippen molar-refractivity contribution in [3.63, 3.8) is 0 Å². The van der Waals surface area contributed by atoms with Gasteiger partial charge in [0.1, 0.15) is 42.0 Å². The summed E-state index contributed by atoms with van der Waals surface area (Å²) in [4.78, 5) is 109. The van der Waals surface area contributed by atoms with Crippen molar-refractivity contribution in [3.8, 4) is 0 Å². The number of ether oxygens (including phenoxy) is 1. The van der Waals surface area contributed by atoms with E-state index in [-0.39, 0.29) is 59.6 Å². The predicted molar refractivity (Wildman–Crippen MR) is 220 cm³/mol. The quantitative estimate of drug-likeness (QED) is 0.0293. The summed E-state index contributed by atoms with van der Waals surface area (Å²) in [7, 11) is -17.6. The first-order valence-electron chi connectivity index (χ1n) is 20.1. The Kier molecular flexibility index (Phi) is 22.3. The van der Waals surface area contributed by atoms with Crippen molar-refractivity contribution in [2.24, 2.45) is 5.41 Å². The Hall–Kier alpha value is -3.03. The van der Waals surface area contributed by atoms with Gasteiger partial charge in [0, 0.05) is 37.1 Å². The van der Waals surface area contributed by atoms with Crippen LogP contribution in [0, 0.1) is 5.41 Å². The van der Waals surface area contributed by atoms with Crippen LogP contribution in [-0.2, 0) is 55.5 Å². The smallest absolute Gasteiger partial charge is 0.274 e. The van der Waals surface area contributed by atoms with Gasteiger partial charge < -0.3 is 69.0 Å². The Morgan fingerprint density at radius 2 is 1.67 bits per heavy atom. The van der Waals surface area contributed by atoms with E-state index in [9.17, 15) is 62.7 Å². The summed E-state index contributed by atoms with van der Waals surface area (Å²) in [6.45, 7) is 2.07. The summed E-state index contributed by atoms with van der Waals surface area (Å²) in [5.41, 5.74) is 4.04. The van der Waals surface area contributed by atoms with Crippen LogP contribution in [0.3, 0.4) is 0 Å². The largest absolute Gasteiger partial charge is 0.790 e. The third kappa shape index (κ3) is 19.1. The number of carbonyl (C=O) groups excluding carboxylic acids is 4. The van der Waals surface area contributed by atoms with Crippen LogP contribution in [0.15, 0.2) is 24.8 Å². The van der Waals surface area contributed by atoms with Crippen LogP contribution in [0.1, 0.15) is 91.2 Å². The summed E-state index contributed by atoms with van der Waals surface area (Å²) < 4.78 is 60.7. The Morgan fingerprint density at radius 1 is 0.984 bits per heavy atom. The number of nitrogens with zero attached hydrogens (tertiary/aromatic N) is 4. The van der Waals surface area contributed by atoms with Crippen molar-refractivity contribution in [1.29, 1.82) is 0 Å². The van der Waals surface area contributed by atoms with E-state index < -0.39 is 84.6 Å². The maximum atomic E-state index is 12.6. The number of nitrogen functional groups attached to an aromatic ring is 1. The molecular weight excluding hydrogens is 931 g/mol. The number of anilines is 1. The molecule has 3 rings (SSSR count). The number of rotatable bonds is 30. The molecule has 3 heterocycles. The van der Waals surface area contributed by atoms with Gasteiger partial charge >= 0.3 is 0 Å². The first-order valence-corrected chi connectivity index (χ1v) is 25.5. The van der Waals surface area contributed by atoms with Gasteiger partial charge in [-0.05, 0) is 25.7 Å². The van der Waals surface area contributed by atoms with E-state index in [1.54, 1.807) is 0 Å². The highest BCUT2D eigenvalue weighted by atomic mass is 32.2. The molecule has 2 unspecified atom stereocenters. The van der Waals surface area contributed by atoms with Gasteiger partial charge in [-0.1, -0.05) is 63.9 Å². The van der Waals surface area contributed by atoms with Crippen LogP contribution in [0.2, 0.25) is 0 Å². The van der Waals surface area contributed by atoms with Gasteiger partial charge in [0.25, 0.3) is 15.6 Å². The lowest BCUT2D eigenvalue weighted by Gasteiger charge is -2.36. The molecule has 0 radical (unpaired) electrons. The minimum absolute atomic E-state index is 0.0270. The number of ketones is 1. The number of hydrogen-bond acceptors (Lipinski definition) is 23. The number of Topliss-reactive ketones (excluding diaryl/α,β-unsaturated/α-hetero) is 1. The SMILES string of the molecule is CCCCCC/C=C\CCCC(=O)CC(=O)SCCNC(=O)CCNC(=O)[C@H](O)C(C)(C)COP(=O)([O-])OP(=O)([O-])OC[C@H]1O[C@@H](n2cnc3c(N)ncnc32)[C@H](O)[C@@H]1OP(=O)([O-])[O-]. The maximum absolute atomic E-state index is 12.6. The number of phosphoric ester groups is 3. The van der Waals surface area contributed by atoms with Crippen LogP contribution in [0.4, 0.5) is 5.82 Å². The average molecular weight is 986 g/mol. The van der Waals surface area contributed by atoms with E-state index in [1.165, 1.54) is 33.1 Å². The number of imidazole rings is 1. The number of carbonyl (C=O) groups is 4. The molecule has 0 saturated carbocycles. The monoisotopic (exact) mass is 985 g/mol. The summed E-state index contributed by atoms with van der Waals surface area (Å²) in [5, 5.41) is 25.9. The molecule has 0 bridgehead atoms. The van der Waals surface area contributed by atoms with Crippen molar-refractivity contribution in [2.75, 3.05) is 37.8 Å². The van der Waals surface area contributed by atoms with Crippen molar-refractivity contribution in [2.45, 2.75) is 116 Å². The number of fused-ring (bicyclic) bond motifs is 1. The number of thioether (sulfide) groups is 1. The molecule has 0 aromatic carbocycles. The molecule has 362 valence electrons. The molecule has 1 fully saturated rings. The Morgan fingerprint density at radius 3 is 2.36 bits per heavy atom. The molecule has 1 aliphatic heterocycles. The zero-order chi connectivity index (χ0) is 47.7. The second kappa shape index (κ2) is 25.8. The summed E-state index contributed by atoms with van der Waals surface area (Å²) in [6, 6.07) is 0. The second-order valence-corrected chi connectivity index (χ2v) is 20.3. The molecule has 2 aromatic heterocycles. The van der Waals surface area contributed by atoms with Crippen molar-refractivity contribution in [3.05, 3.63) is 24.8 Å². The van der Waals surface area contributed by atoms with Gasteiger partial charge in [-0.25, -0.2) is 19.3 Å². The van der Waals surface area contributed by atoms with Crippen LogP contribution >= 0.6 is 35.2 Å². The lowest BCUT2D eigenvalue weighted by atomic mass is 9.87. The number of amides is 2. The number of aromatic nitrogens is 4. The normalized spacial score (nSPS) is 20.5. The highest BCUT2D eigenvalue weighted by molar-refractivity contribution is 8.13. The van der Waals surface area contributed by atoms with E-state index in [4.69, 9.17) is 10.5 Å². The van der Waals surface area contributed by atoms with Gasteiger partial charge in [0.05, 0.1) is 33.8 Å². The topological polar surface area (TPSA) is 392 Å². The molecule has 1 aliphatic rings. The first kappa shape index (κ1) is 55.3. The zero-order valence-corrected chi connectivity index (χ0v) is 38.8. The molecule has 1 saturated heterocycles. The highest BCUT2D eigenvalue weighted by Crippen LogP contribution is 2.56. The highest BCUT2D eigenvalue weighted by Gasteiger charge is 2.47. The summed E-state index contributed by atoms with van der Waals surface area (Å²) >= 11 is 0.909. The molecule has 7 atom stereocenters. The van der Waals surface area contributed by atoms with Crippen molar-refractivity contribution < 1.29 is 85.3 Å². The van der Waals surface area contributed by atoms with E-state index in [0.717, 1.165) is 48.2 Å². The van der Waals surface area contributed by atoms with E-state index in [2.05, 4.69) is 62.5 Å². The van der Waals surface area contributed by atoms with Gasteiger partial charge in [-0.3, -0.25) is 32.9 Å². The molecule has 0 spiro atoms. The number of allylic oxidation sites excluding steroid dienone is 2. The summed E-state index contributed by atoms with van der Waals surface area (Å²) in [5.74, 6) is -1.57. The van der Waals surface area contributed by atoms with Gasteiger partial charge in [0.2, 0.25) is 11.8 Å². The van der Waals surface area contributed by atoms with Crippen molar-refractivity contribution >= 4 is 74.9 Å². The lowest BCUT2D eigenvalue weighted by Crippen LogP contribution is -2.46. The standard InChI is InChI=1S/C35H58N7O18P3S/c1-4-5-6-7-8-9-10-11-12-13-23(43)18-26(45)64-17-16-37-25(44)14-15-38-33(48)30(47)35(2,3)20-57-63(54,55)60-62(52,53)56-19-24-29(59-61(49,50)51)28(46)34(58-24)42-22-41-27-31(36)39-21-40-32(27)42/h9-10,21-22,24,28-30,34,46-47H,4-8,11-20H2,1-3H3,(H,37,44)(H,38,48)(H,52,53)(H,54,55)(H2,36,39,40)(H2,49,50,51)/p-4/b10-9-/t24-,28-,29-,30+,34-/m1/s1. The Labute approximate surface area is 373 Å². The van der Waals surface area contributed by atoms with Crippen LogP contribution in [0.5, 0.6) is 0 Å². The minimum atomic E-state index is -5.93. The zero-order valence-electron chi connectivity index (χ0n) is 35.3. The summed E-state index contributed by atoms with van der Waals surface area (Å²) in [6.07, 6.45) is 3.78. The molecule has 2 amide bonds. The molecule has 0 aliphatic carbocycles. The number of nitrogens with two attached hydrogens (primary N) is 1. The minimum Gasteiger partial charge on any atom is -0.790 e. The third-order valence-electron chi connectivity index (χ3n) is 9.30. The fourth-order valence-corrected chi connectivity index (χ4v) is 9.35. The van der Waals surface area contributed by atoms with E-state index in [1.807, 2.05) is 0 Å². The fraction of sp³-hybridized carbons (Fsp3) is 0.686. The lowest BCUT2D eigenvalue weighted by molar-refractivity contribution is -0.347. The maximum Gasteiger partial charge on any atom is 0.274 e. The average Bonchev–Trinajstić information content (AvgIpc) is 3.76. The number of aliphatic hydroxyl groups excluding tert-OH is 2. The van der Waals surface area contributed by atoms with Crippen molar-refractivity contribution in [1.82, 2.24) is 30.2 Å². The number of aliphatic hydroxyl groups is 2.